The van der Waals surface area contributed by atoms with Crippen LogP contribution in [-0.2, 0) is 4.79 Å². The summed E-state index contributed by atoms with van der Waals surface area (Å²) in [5.74, 6) is -2.66. The van der Waals surface area contributed by atoms with Crippen molar-refractivity contribution < 1.29 is 14.7 Å². The lowest BCUT2D eigenvalue weighted by atomic mass is 9.96. The molecule has 4 N–H and O–H groups in total. The van der Waals surface area contributed by atoms with Crippen LogP contribution in [0.15, 0.2) is 15.8 Å². The van der Waals surface area contributed by atoms with E-state index in [1.54, 1.807) is 13.8 Å². The summed E-state index contributed by atoms with van der Waals surface area (Å²) in [5.41, 5.74) is -1.81. The molecule has 0 bridgehead atoms. The van der Waals surface area contributed by atoms with Crippen LogP contribution in [0.2, 0.25) is 0 Å². The van der Waals surface area contributed by atoms with E-state index >= 15 is 0 Å². The normalized spacial score (nSPS) is 12.2. The standard InChI is InChI=1S/C11H15N3O5/c1-5(2)6(10(17)18)3-12-8(15)7-4-13-11(19)14-9(7)16/h4-6H,3H2,1-2H3,(H,12,15)(H,17,18)(H2,13,14,16,19). The van der Waals surface area contributed by atoms with Crippen LogP contribution in [-0.4, -0.2) is 33.5 Å². The monoisotopic (exact) mass is 269 g/mol. The molecule has 1 aromatic heterocycles. The third-order valence-corrected chi connectivity index (χ3v) is 2.67. The molecule has 8 nitrogen and oxygen atoms in total. The van der Waals surface area contributed by atoms with Crippen LogP contribution in [0.4, 0.5) is 0 Å². The average Bonchev–Trinajstić information content (AvgIpc) is 2.27. The molecule has 8 heteroatoms. The second-order valence-corrected chi connectivity index (χ2v) is 4.38. The summed E-state index contributed by atoms with van der Waals surface area (Å²) < 4.78 is 0. The molecule has 1 rings (SSSR count). The van der Waals surface area contributed by atoms with E-state index in [0.29, 0.717) is 0 Å². The highest BCUT2D eigenvalue weighted by Crippen LogP contribution is 2.09. The van der Waals surface area contributed by atoms with E-state index in [0.717, 1.165) is 6.20 Å². The van der Waals surface area contributed by atoms with Crippen molar-refractivity contribution in [1.82, 2.24) is 15.3 Å². The number of carboxylic acid groups (broad SMARTS) is 1. The predicted octanol–water partition coefficient (Wildman–Crippen LogP) is -0.850. The van der Waals surface area contributed by atoms with Crippen LogP contribution in [0.1, 0.15) is 24.2 Å². The van der Waals surface area contributed by atoms with Crippen LogP contribution in [0.25, 0.3) is 0 Å². The Morgan fingerprint density at radius 1 is 1.37 bits per heavy atom. The van der Waals surface area contributed by atoms with Crippen molar-refractivity contribution in [3.05, 3.63) is 32.6 Å². The fraction of sp³-hybridized carbons (Fsp3) is 0.455. The molecule has 0 aliphatic rings. The number of carboxylic acids is 1. The average molecular weight is 269 g/mol. The quantitative estimate of drug-likeness (QED) is 0.552. The molecular weight excluding hydrogens is 254 g/mol. The molecule has 1 atom stereocenters. The number of aliphatic carboxylic acids is 1. The van der Waals surface area contributed by atoms with Gasteiger partial charge in [0.1, 0.15) is 5.56 Å². The SMILES string of the molecule is CC(C)C(CNC(=O)c1c[nH]c(=O)[nH]c1=O)C(=O)O. The van der Waals surface area contributed by atoms with Crippen molar-refractivity contribution in [2.24, 2.45) is 11.8 Å². The van der Waals surface area contributed by atoms with Gasteiger partial charge in [-0.25, -0.2) is 4.79 Å². The van der Waals surface area contributed by atoms with Gasteiger partial charge in [-0.05, 0) is 5.92 Å². The van der Waals surface area contributed by atoms with Gasteiger partial charge in [-0.3, -0.25) is 19.4 Å². The molecule has 1 unspecified atom stereocenters. The summed E-state index contributed by atoms with van der Waals surface area (Å²) in [7, 11) is 0. The van der Waals surface area contributed by atoms with E-state index in [2.05, 4.69) is 10.3 Å². The third kappa shape index (κ3) is 3.80. The fourth-order valence-electron chi connectivity index (χ4n) is 1.48. The first-order valence-electron chi connectivity index (χ1n) is 5.66. The Bertz CT molecular complexity index is 586. The number of carbonyl (C=O) groups is 2. The molecule has 104 valence electrons. The lowest BCUT2D eigenvalue weighted by molar-refractivity contribution is -0.142. The molecule has 1 amide bonds. The van der Waals surface area contributed by atoms with Crippen LogP contribution >= 0.6 is 0 Å². The van der Waals surface area contributed by atoms with Crippen LogP contribution in [0.5, 0.6) is 0 Å². The third-order valence-electron chi connectivity index (χ3n) is 2.67. The van der Waals surface area contributed by atoms with E-state index in [1.807, 2.05) is 4.98 Å². The molecule has 0 aliphatic carbocycles. The van der Waals surface area contributed by atoms with Gasteiger partial charge in [0.2, 0.25) is 0 Å². The molecule has 1 heterocycles. The topological polar surface area (TPSA) is 132 Å². The minimum atomic E-state index is -1.02. The zero-order valence-corrected chi connectivity index (χ0v) is 10.5. The van der Waals surface area contributed by atoms with Gasteiger partial charge < -0.3 is 15.4 Å². The summed E-state index contributed by atoms with van der Waals surface area (Å²) in [6.07, 6.45) is 0.988. The van der Waals surface area contributed by atoms with Gasteiger partial charge in [-0.15, -0.1) is 0 Å². The molecule has 0 aromatic carbocycles. The number of amides is 1. The Morgan fingerprint density at radius 3 is 2.47 bits per heavy atom. The maximum absolute atomic E-state index is 11.7. The number of nitrogens with one attached hydrogen (secondary N) is 3. The maximum Gasteiger partial charge on any atom is 0.325 e. The maximum atomic E-state index is 11.7. The van der Waals surface area contributed by atoms with Crippen molar-refractivity contribution in [1.29, 1.82) is 0 Å². The van der Waals surface area contributed by atoms with Crippen molar-refractivity contribution in [3.8, 4) is 0 Å². The van der Waals surface area contributed by atoms with Crippen molar-refractivity contribution in [2.75, 3.05) is 6.54 Å². The van der Waals surface area contributed by atoms with Gasteiger partial charge in [-0.2, -0.15) is 0 Å². The Morgan fingerprint density at radius 2 is 2.00 bits per heavy atom. The lowest BCUT2D eigenvalue weighted by Gasteiger charge is -2.16. The summed E-state index contributed by atoms with van der Waals surface area (Å²) in [6, 6.07) is 0. The van der Waals surface area contributed by atoms with Crippen molar-refractivity contribution >= 4 is 11.9 Å². The number of carbonyl (C=O) groups excluding carboxylic acids is 1. The van der Waals surface area contributed by atoms with Gasteiger partial charge in [0.25, 0.3) is 11.5 Å². The van der Waals surface area contributed by atoms with E-state index in [-0.39, 0.29) is 18.0 Å². The largest absolute Gasteiger partial charge is 0.481 e. The lowest BCUT2D eigenvalue weighted by Crippen LogP contribution is -2.38. The number of hydrogen-bond donors (Lipinski definition) is 4. The van der Waals surface area contributed by atoms with Gasteiger partial charge in [-0.1, -0.05) is 13.8 Å². The molecule has 0 spiro atoms. The Hall–Kier alpha value is -2.38. The highest BCUT2D eigenvalue weighted by atomic mass is 16.4. The predicted molar refractivity (Wildman–Crippen MR) is 66.0 cm³/mol. The number of H-pyrrole nitrogens is 2. The molecule has 0 saturated carbocycles. The molecular formula is C11H15N3O5. The molecule has 1 aromatic rings. The van der Waals surface area contributed by atoms with Gasteiger partial charge >= 0.3 is 11.7 Å². The van der Waals surface area contributed by atoms with Gasteiger partial charge in [0.15, 0.2) is 0 Å². The van der Waals surface area contributed by atoms with Gasteiger partial charge in [0.05, 0.1) is 5.92 Å². The summed E-state index contributed by atoms with van der Waals surface area (Å²) >= 11 is 0. The zero-order chi connectivity index (χ0) is 14.6. The van der Waals surface area contributed by atoms with E-state index in [1.165, 1.54) is 0 Å². The Balaban J connectivity index is 2.78. The minimum absolute atomic E-state index is 0.0929. The first-order valence-corrected chi connectivity index (χ1v) is 5.66. The van der Waals surface area contributed by atoms with E-state index in [9.17, 15) is 19.2 Å². The molecule has 0 fully saturated rings. The smallest absolute Gasteiger partial charge is 0.325 e. The van der Waals surface area contributed by atoms with Gasteiger partial charge in [0, 0.05) is 12.7 Å². The van der Waals surface area contributed by atoms with Crippen molar-refractivity contribution in [3.63, 3.8) is 0 Å². The second kappa shape index (κ2) is 5.98. The number of rotatable bonds is 5. The molecule has 19 heavy (non-hydrogen) atoms. The number of hydrogen-bond acceptors (Lipinski definition) is 4. The number of aromatic amines is 2. The highest BCUT2D eigenvalue weighted by Gasteiger charge is 2.22. The minimum Gasteiger partial charge on any atom is -0.481 e. The second-order valence-electron chi connectivity index (χ2n) is 4.38. The fourth-order valence-corrected chi connectivity index (χ4v) is 1.48. The Labute approximate surface area is 107 Å². The first-order chi connectivity index (χ1) is 8.82. The number of aromatic nitrogens is 2. The zero-order valence-electron chi connectivity index (χ0n) is 10.5. The van der Waals surface area contributed by atoms with Crippen LogP contribution in [0, 0.1) is 11.8 Å². The van der Waals surface area contributed by atoms with Crippen LogP contribution < -0.4 is 16.6 Å². The Kier molecular flexibility index (Phi) is 4.62. The summed E-state index contributed by atoms with van der Waals surface area (Å²) in [6.45, 7) is 3.35. The molecule has 0 radical (unpaired) electrons. The first kappa shape index (κ1) is 14.7. The highest BCUT2D eigenvalue weighted by molar-refractivity contribution is 5.93. The summed E-state index contributed by atoms with van der Waals surface area (Å²) in [5, 5.41) is 11.3. The van der Waals surface area contributed by atoms with Crippen molar-refractivity contribution in [2.45, 2.75) is 13.8 Å². The molecule has 0 saturated heterocycles. The molecule has 0 aliphatic heterocycles. The van der Waals surface area contributed by atoms with E-state index < -0.39 is 29.0 Å². The van der Waals surface area contributed by atoms with Crippen LogP contribution in [0.3, 0.4) is 0 Å². The summed E-state index contributed by atoms with van der Waals surface area (Å²) in [4.78, 5) is 48.8. The van der Waals surface area contributed by atoms with E-state index in [4.69, 9.17) is 5.11 Å².